The molecule has 1 aliphatic rings. The Morgan fingerprint density at radius 1 is 1.03 bits per heavy atom. The molecule has 3 aromatic rings. The topological polar surface area (TPSA) is 118 Å². The molecular weight excluding hydrogens is 490 g/mol. The summed E-state index contributed by atoms with van der Waals surface area (Å²) in [7, 11) is 0. The highest BCUT2D eigenvalue weighted by Gasteiger charge is 2.30. The first-order valence-electron chi connectivity index (χ1n) is 10.2. The van der Waals surface area contributed by atoms with Gasteiger partial charge in [-0.05, 0) is 50.3 Å². The van der Waals surface area contributed by atoms with Gasteiger partial charge in [0, 0.05) is 17.8 Å². The van der Waals surface area contributed by atoms with Gasteiger partial charge in [-0.25, -0.2) is 9.78 Å². The van der Waals surface area contributed by atoms with Crippen molar-refractivity contribution in [2.24, 2.45) is 0 Å². The summed E-state index contributed by atoms with van der Waals surface area (Å²) in [5.74, 6) is -2.06. The smallest absolute Gasteiger partial charge is 0.407 e. The van der Waals surface area contributed by atoms with Gasteiger partial charge in [0.2, 0.25) is 5.91 Å². The standard InChI is InChI=1S/C24H20BrN3O5/c25-21-11-14(9-10-26-21)27-23(31)20(12-22(29)30)28-24(32)33-13-19-17-7-3-1-5-15(17)16-6-2-4-8-18(16)19/h1-11,19-20H,12-13H2,(H,28,32)(H,29,30)(H,26,27,31). The third-order valence-corrected chi connectivity index (χ3v) is 5.76. The van der Waals surface area contributed by atoms with Crippen molar-refractivity contribution in [1.29, 1.82) is 0 Å². The molecule has 168 valence electrons. The van der Waals surface area contributed by atoms with Crippen molar-refractivity contribution < 1.29 is 24.2 Å². The van der Waals surface area contributed by atoms with Crippen LogP contribution in [0, 0.1) is 0 Å². The van der Waals surface area contributed by atoms with E-state index in [0.717, 1.165) is 22.3 Å². The van der Waals surface area contributed by atoms with Crippen LogP contribution in [-0.2, 0) is 14.3 Å². The molecule has 1 heterocycles. The molecule has 0 aliphatic heterocycles. The Labute approximate surface area is 198 Å². The van der Waals surface area contributed by atoms with Gasteiger partial charge in [0.05, 0.1) is 6.42 Å². The normalized spacial score (nSPS) is 12.9. The minimum absolute atomic E-state index is 0.0541. The molecule has 2 amide bonds. The maximum absolute atomic E-state index is 12.6. The van der Waals surface area contributed by atoms with Gasteiger partial charge in [0.25, 0.3) is 0 Å². The van der Waals surface area contributed by atoms with Crippen LogP contribution in [0.1, 0.15) is 23.5 Å². The number of carbonyl (C=O) groups excluding carboxylic acids is 2. The average Bonchev–Trinajstić information content (AvgIpc) is 3.11. The maximum Gasteiger partial charge on any atom is 0.407 e. The van der Waals surface area contributed by atoms with Crippen LogP contribution in [0.25, 0.3) is 11.1 Å². The van der Waals surface area contributed by atoms with E-state index >= 15 is 0 Å². The summed E-state index contributed by atoms with van der Waals surface area (Å²) in [6, 6.07) is 17.6. The van der Waals surface area contributed by atoms with Gasteiger partial charge in [-0.2, -0.15) is 0 Å². The van der Waals surface area contributed by atoms with Crippen molar-refractivity contribution in [3.05, 3.63) is 82.6 Å². The molecular formula is C24H20BrN3O5. The molecule has 1 aliphatic carbocycles. The molecule has 3 N–H and O–H groups in total. The Balaban J connectivity index is 1.43. The lowest BCUT2D eigenvalue weighted by molar-refractivity contribution is -0.139. The summed E-state index contributed by atoms with van der Waals surface area (Å²) in [6.07, 6.45) is 0.0156. The number of amides is 2. The maximum atomic E-state index is 12.6. The van der Waals surface area contributed by atoms with Gasteiger partial charge in [-0.15, -0.1) is 0 Å². The van der Waals surface area contributed by atoms with Gasteiger partial charge in [0.15, 0.2) is 0 Å². The highest BCUT2D eigenvalue weighted by atomic mass is 79.9. The second kappa shape index (κ2) is 9.83. The fourth-order valence-electron chi connectivity index (χ4n) is 3.88. The molecule has 0 saturated carbocycles. The van der Waals surface area contributed by atoms with Crippen LogP contribution in [0.5, 0.6) is 0 Å². The summed E-state index contributed by atoms with van der Waals surface area (Å²) in [6.45, 7) is 0.0541. The summed E-state index contributed by atoms with van der Waals surface area (Å²) >= 11 is 3.20. The van der Waals surface area contributed by atoms with Crippen molar-refractivity contribution in [2.45, 2.75) is 18.4 Å². The lowest BCUT2D eigenvalue weighted by Gasteiger charge is -2.18. The number of benzene rings is 2. The molecule has 1 unspecified atom stereocenters. The Bertz CT molecular complexity index is 1170. The van der Waals surface area contributed by atoms with Crippen molar-refractivity contribution in [3.63, 3.8) is 0 Å². The van der Waals surface area contributed by atoms with Gasteiger partial charge >= 0.3 is 12.1 Å². The van der Waals surface area contributed by atoms with Gasteiger partial charge in [-0.1, -0.05) is 48.5 Å². The molecule has 4 rings (SSSR count). The molecule has 0 fully saturated rings. The molecule has 0 saturated heterocycles. The predicted molar refractivity (Wildman–Crippen MR) is 125 cm³/mol. The number of ether oxygens (including phenoxy) is 1. The number of hydrogen-bond acceptors (Lipinski definition) is 5. The van der Waals surface area contributed by atoms with Gasteiger partial charge in [0.1, 0.15) is 17.3 Å². The first-order chi connectivity index (χ1) is 15.9. The van der Waals surface area contributed by atoms with E-state index < -0.39 is 30.4 Å². The first-order valence-corrected chi connectivity index (χ1v) is 11.0. The quantitative estimate of drug-likeness (QED) is 0.411. The second-order valence-electron chi connectivity index (χ2n) is 7.48. The Morgan fingerprint density at radius 2 is 1.67 bits per heavy atom. The Kier molecular flexibility index (Phi) is 6.69. The lowest BCUT2D eigenvalue weighted by atomic mass is 9.98. The van der Waals surface area contributed by atoms with Crippen LogP contribution in [-0.4, -0.2) is 40.7 Å². The molecule has 0 radical (unpaired) electrons. The second-order valence-corrected chi connectivity index (χ2v) is 8.29. The number of nitrogens with zero attached hydrogens (tertiary/aromatic N) is 1. The minimum Gasteiger partial charge on any atom is -0.481 e. The number of rotatable bonds is 7. The number of carboxylic acid groups (broad SMARTS) is 1. The van der Waals surface area contributed by atoms with Crippen LogP contribution in [0.2, 0.25) is 0 Å². The average molecular weight is 510 g/mol. The number of aliphatic carboxylic acids is 1. The molecule has 0 bridgehead atoms. The van der Waals surface area contributed by atoms with E-state index in [9.17, 15) is 19.5 Å². The van der Waals surface area contributed by atoms with E-state index in [1.54, 1.807) is 12.1 Å². The van der Waals surface area contributed by atoms with E-state index in [2.05, 4.69) is 31.5 Å². The Hall–Kier alpha value is -3.72. The third kappa shape index (κ3) is 5.20. The summed E-state index contributed by atoms with van der Waals surface area (Å²) in [5, 5.41) is 14.1. The molecule has 8 nitrogen and oxygen atoms in total. The van der Waals surface area contributed by atoms with Crippen LogP contribution in [0.15, 0.2) is 71.5 Å². The zero-order valence-corrected chi connectivity index (χ0v) is 18.9. The third-order valence-electron chi connectivity index (χ3n) is 5.33. The molecule has 33 heavy (non-hydrogen) atoms. The van der Waals surface area contributed by atoms with Crippen molar-refractivity contribution in [2.75, 3.05) is 11.9 Å². The number of carbonyl (C=O) groups is 3. The highest BCUT2D eigenvalue weighted by Crippen LogP contribution is 2.44. The fourth-order valence-corrected chi connectivity index (χ4v) is 4.24. The Morgan fingerprint density at radius 3 is 2.27 bits per heavy atom. The molecule has 9 heteroatoms. The number of alkyl carbamates (subject to hydrolysis) is 1. The molecule has 1 atom stereocenters. The van der Waals surface area contributed by atoms with Crippen LogP contribution in [0.3, 0.4) is 0 Å². The molecule has 0 spiro atoms. The van der Waals surface area contributed by atoms with Crippen LogP contribution < -0.4 is 10.6 Å². The number of carboxylic acids is 1. The number of halogens is 1. The summed E-state index contributed by atoms with van der Waals surface area (Å²) in [5.41, 5.74) is 4.69. The van der Waals surface area contributed by atoms with E-state index in [1.165, 1.54) is 6.20 Å². The van der Waals surface area contributed by atoms with Crippen LogP contribution in [0.4, 0.5) is 10.5 Å². The van der Waals surface area contributed by atoms with E-state index in [4.69, 9.17) is 4.74 Å². The monoisotopic (exact) mass is 509 g/mol. The number of anilines is 1. The number of fused-ring (bicyclic) bond motifs is 3. The van der Waals surface area contributed by atoms with Crippen molar-refractivity contribution >= 4 is 39.6 Å². The number of nitrogens with one attached hydrogen (secondary N) is 2. The van der Waals surface area contributed by atoms with E-state index in [0.29, 0.717) is 10.3 Å². The van der Waals surface area contributed by atoms with Crippen LogP contribution >= 0.6 is 15.9 Å². The number of pyridine rings is 1. The first kappa shape index (κ1) is 22.5. The highest BCUT2D eigenvalue weighted by molar-refractivity contribution is 9.10. The number of hydrogen-bond donors (Lipinski definition) is 3. The molecule has 1 aromatic heterocycles. The van der Waals surface area contributed by atoms with Crippen molar-refractivity contribution in [1.82, 2.24) is 10.3 Å². The van der Waals surface area contributed by atoms with Gasteiger partial charge in [-0.3, -0.25) is 9.59 Å². The zero-order chi connectivity index (χ0) is 23.4. The lowest BCUT2D eigenvalue weighted by Crippen LogP contribution is -2.45. The predicted octanol–water partition coefficient (Wildman–Crippen LogP) is 4.16. The van der Waals surface area contributed by atoms with Gasteiger partial charge < -0.3 is 20.5 Å². The van der Waals surface area contributed by atoms with Crippen molar-refractivity contribution in [3.8, 4) is 11.1 Å². The van der Waals surface area contributed by atoms with E-state index in [1.807, 2.05) is 48.5 Å². The summed E-state index contributed by atoms with van der Waals surface area (Å²) < 4.78 is 5.93. The zero-order valence-electron chi connectivity index (χ0n) is 17.3. The van der Waals surface area contributed by atoms with E-state index in [-0.39, 0.29) is 12.5 Å². The largest absolute Gasteiger partial charge is 0.481 e. The fraction of sp³-hybridized carbons (Fsp3) is 0.167. The SMILES string of the molecule is O=C(O)CC(NC(=O)OCC1c2ccccc2-c2ccccc21)C(=O)Nc1ccnc(Br)c1. The summed E-state index contributed by atoms with van der Waals surface area (Å²) in [4.78, 5) is 40.3. The number of aromatic nitrogens is 1. The minimum atomic E-state index is -1.31. The molecule has 2 aromatic carbocycles.